The highest BCUT2D eigenvalue weighted by molar-refractivity contribution is 5.45. The first-order chi connectivity index (χ1) is 10.3. The summed E-state index contributed by atoms with van der Waals surface area (Å²) in [5.74, 6) is -1.01. The van der Waals surface area contributed by atoms with Crippen LogP contribution in [0.2, 0.25) is 0 Å². The van der Waals surface area contributed by atoms with E-state index in [0.29, 0.717) is 17.2 Å². The number of halogens is 3. The monoisotopic (exact) mass is 312 g/mol. The van der Waals surface area contributed by atoms with E-state index in [1.165, 1.54) is 6.26 Å². The van der Waals surface area contributed by atoms with E-state index < -0.39 is 12.0 Å². The van der Waals surface area contributed by atoms with Gasteiger partial charge in [0.15, 0.2) is 0 Å². The van der Waals surface area contributed by atoms with E-state index in [-0.39, 0.29) is 12.3 Å². The fourth-order valence-corrected chi connectivity index (χ4v) is 1.89. The Morgan fingerprint density at radius 3 is 2.68 bits per heavy atom. The zero-order valence-electron chi connectivity index (χ0n) is 11.6. The van der Waals surface area contributed by atoms with Crippen LogP contribution in [-0.4, -0.2) is 24.7 Å². The number of nitrogens with zero attached hydrogens (tertiary/aromatic N) is 5. The number of alkyl halides is 3. The Hall–Kier alpha value is -2.65. The molecule has 0 radical (unpaired) electrons. The van der Waals surface area contributed by atoms with Gasteiger partial charge in [-0.25, -0.2) is 4.98 Å². The molecule has 0 fully saturated rings. The van der Waals surface area contributed by atoms with Gasteiger partial charge in [-0.1, -0.05) is 5.16 Å². The number of aryl methyl sites for hydroxylation is 2. The highest BCUT2D eigenvalue weighted by Crippen LogP contribution is 2.27. The van der Waals surface area contributed by atoms with Crippen LogP contribution in [0.3, 0.4) is 0 Å². The molecule has 0 saturated carbocycles. The fourth-order valence-electron chi connectivity index (χ4n) is 1.89. The van der Waals surface area contributed by atoms with Gasteiger partial charge < -0.3 is 9.84 Å². The molecule has 0 bridgehead atoms. The van der Waals surface area contributed by atoms with E-state index in [1.807, 2.05) is 6.92 Å². The van der Waals surface area contributed by atoms with E-state index in [1.54, 1.807) is 13.0 Å². The molecule has 1 N–H and O–H groups in total. The predicted molar refractivity (Wildman–Crippen MR) is 69.1 cm³/mol. The van der Waals surface area contributed by atoms with Gasteiger partial charge in [0.05, 0.1) is 6.54 Å². The van der Waals surface area contributed by atoms with Gasteiger partial charge in [-0.2, -0.15) is 22.7 Å². The summed E-state index contributed by atoms with van der Waals surface area (Å²) in [4.78, 5) is 7.36. The molecule has 10 heteroatoms. The van der Waals surface area contributed by atoms with Gasteiger partial charge in [0, 0.05) is 17.3 Å². The summed E-state index contributed by atoms with van der Waals surface area (Å²) >= 11 is 0. The minimum absolute atomic E-state index is 0.119. The first kappa shape index (κ1) is 14.3. The molecular formula is C12H11F3N6O. The van der Waals surface area contributed by atoms with Gasteiger partial charge in [-0.05, 0) is 13.8 Å². The van der Waals surface area contributed by atoms with E-state index in [2.05, 4.69) is 25.5 Å². The third-order valence-electron chi connectivity index (χ3n) is 2.98. The lowest BCUT2D eigenvalue weighted by Gasteiger charge is -2.07. The van der Waals surface area contributed by atoms with Gasteiger partial charge >= 0.3 is 6.18 Å². The van der Waals surface area contributed by atoms with Gasteiger partial charge in [0.1, 0.15) is 17.8 Å². The SMILES string of the molecule is Cc1cc(NCc2nocc2C)n2nc(C(F)(F)F)nc2n1. The number of aromatic nitrogens is 5. The van der Waals surface area contributed by atoms with Crippen LogP contribution in [0, 0.1) is 13.8 Å². The average molecular weight is 312 g/mol. The quantitative estimate of drug-likeness (QED) is 0.799. The molecule has 3 heterocycles. The normalized spacial score (nSPS) is 12.0. The summed E-state index contributed by atoms with van der Waals surface area (Å²) in [5, 5.41) is 10.2. The lowest BCUT2D eigenvalue weighted by Crippen LogP contribution is -2.09. The highest BCUT2D eigenvalue weighted by Gasteiger charge is 2.36. The van der Waals surface area contributed by atoms with Crippen LogP contribution in [0.15, 0.2) is 16.9 Å². The predicted octanol–water partition coefficient (Wildman–Crippen LogP) is 2.36. The lowest BCUT2D eigenvalue weighted by molar-refractivity contribution is -0.144. The molecule has 0 aliphatic rings. The number of fused-ring (bicyclic) bond motifs is 1. The summed E-state index contributed by atoms with van der Waals surface area (Å²) in [6.45, 7) is 3.76. The van der Waals surface area contributed by atoms with E-state index in [0.717, 1.165) is 10.1 Å². The Kier molecular flexibility index (Phi) is 3.23. The molecule has 22 heavy (non-hydrogen) atoms. The summed E-state index contributed by atoms with van der Waals surface area (Å²) < 4.78 is 44.0. The average Bonchev–Trinajstić information content (AvgIpc) is 3.01. The first-order valence-corrected chi connectivity index (χ1v) is 6.30. The van der Waals surface area contributed by atoms with Crippen LogP contribution in [-0.2, 0) is 12.7 Å². The molecule has 116 valence electrons. The molecule has 3 aromatic rings. The highest BCUT2D eigenvalue weighted by atomic mass is 19.4. The summed E-state index contributed by atoms with van der Waals surface area (Å²) in [6, 6.07) is 1.58. The smallest absolute Gasteiger partial charge is 0.364 e. The first-order valence-electron chi connectivity index (χ1n) is 6.30. The molecule has 0 amide bonds. The van der Waals surface area contributed by atoms with Crippen molar-refractivity contribution in [2.24, 2.45) is 0 Å². The third-order valence-corrected chi connectivity index (χ3v) is 2.98. The summed E-state index contributed by atoms with van der Waals surface area (Å²) in [5.41, 5.74) is 2.01. The van der Waals surface area contributed by atoms with Crippen molar-refractivity contribution < 1.29 is 17.7 Å². The van der Waals surface area contributed by atoms with Crippen molar-refractivity contribution >= 4 is 11.6 Å². The second-order valence-electron chi connectivity index (χ2n) is 4.73. The third kappa shape index (κ3) is 2.59. The number of hydrogen-bond donors (Lipinski definition) is 1. The Bertz CT molecular complexity index is 822. The Morgan fingerprint density at radius 1 is 1.27 bits per heavy atom. The van der Waals surface area contributed by atoms with Gasteiger partial charge in [-0.15, -0.1) is 5.10 Å². The topological polar surface area (TPSA) is 81.1 Å². The fraction of sp³-hybridized carbons (Fsp3) is 0.333. The maximum absolute atomic E-state index is 12.7. The minimum Gasteiger partial charge on any atom is -0.364 e. The van der Waals surface area contributed by atoms with Crippen molar-refractivity contribution in [2.45, 2.75) is 26.6 Å². The second kappa shape index (κ2) is 4.97. The van der Waals surface area contributed by atoms with Gasteiger partial charge in [-0.3, -0.25) is 0 Å². The van der Waals surface area contributed by atoms with Crippen LogP contribution < -0.4 is 5.32 Å². The molecule has 0 aliphatic heterocycles. The molecule has 0 aliphatic carbocycles. The Balaban J connectivity index is 1.97. The van der Waals surface area contributed by atoms with Crippen LogP contribution in [0.25, 0.3) is 5.78 Å². The Morgan fingerprint density at radius 2 is 2.05 bits per heavy atom. The standard InChI is InChI=1S/C12H11F3N6O/c1-6-5-22-20-8(6)4-16-9-3-7(2)17-11-18-10(12(13,14)15)19-21(9)11/h3,5,16H,4H2,1-2H3. The molecule has 0 unspecified atom stereocenters. The van der Waals surface area contributed by atoms with Gasteiger partial charge in [0.25, 0.3) is 11.6 Å². The summed E-state index contributed by atoms with van der Waals surface area (Å²) in [7, 11) is 0. The van der Waals surface area contributed by atoms with Crippen molar-refractivity contribution in [3.05, 3.63) is 35.1 Å². The van der Waals surface area contributed by atoms with Crippen LogP contribution >= 0.6 is 0 Å². The second-order valence-corrected chi connectivity index (χ2v) is 4.73. The molecule has 0 saturated heterocycles. The molecule has 3 rings (SSSR count). The maximum Gasteiger partial charge on any atom is 0.453 e. The molecular weight excluding hydrogens is 301 g/mol. The molecule has 3 aromatic heterocycles. The van der Waals surface area contributed by atoms with Crippen LogP contribution in [0.5, 0.6) is 0 Å². The minimum atomic E-state index is -4.62. The zero-order valence-corrected chi connectivity index (χ0v) is 11.6. The maximum atomic E-state index is 12.7. The van der Waals surface area contributed by atoms with Crippen molar-refractivity contribution in [3.8, 4) is 0 Å². The van der Waals surface area contributed by atoms with Gasteiger partial charge in [0.2, 0.25) is 0 Å². The van der Waals surface area contributed by atoms with E-state index >= 15 is 0 Å². The molecule has 0 spiro atoms. The van der Waals surface area contributed by atoms with Crippen molar-refractivity contribution in [3.63, 3.8) is 0 Å². The largest absolute Gasteiger partial charge is 0.453 e. The number of hydrogen-bond acceptors (Lipinski definition) is 6. The van der Waals surface area contributed by atoms with Crippen LogP contribution in [0.1, 0.15) is 22.8 Å². The van der Waals surface area contributed by atoms with Crippen molar-refractivity contribution in [1.82, 2.24) is 24.7 Å². The number of rotatable bonds is 3. The molecule has 0 atom stereocenters. The Labute approximate surface area is 122 Å². The van der Waals surface area contributed by atoms with Crippen molar-refractivity contribution in [1.29, 1.82) is 0 Å². The van der Waals surface area contributed by atoms with E-state index in [4.69, 9.17) is 4.52 Å². The number of anilines is 1. The molecule has 7 nitrogen and oxygen atoms in total. The molecule has 0 aromatic carbocycles. The number of nitrogens with one attached hydrogen (secondary N) is 1. The van der Waals surface area contributed by atoms with Crippen LogP contribution in [0.4, 0.5) is 19.0 Å². The lowest BCUT2D eigenvalue weighted by atomic mass is 10.3. The van der Waals surface area contributed by atoms with E-state index in [9.17, 15) is 13.2 Å². The van der Waals surface area contributed by atoms with Crippen molar-refractivity contribution in [2.75, 3.05) is 5.32 Å². The summed E-state index contributed by atoms with van der Waals surface area (Å²) in [6.07, 6.45) is -3.14. The zero-order chi connectivity index (χ0) is 15.9.